The van der Waals surface area contributed by atoms with Gasteiger partial charge in [0.1, 0.15) is 0 Å². The van der Waals surface area contributed by atoms with E-state index < -0.39 is 0 Å². The highest BCUT2D eigenvalue weighted by Gasteiger charge is 2.01. The maximum Gasteiger partial charge on any atom is 0.0739 e. The zero-order valence-corrected chi connectivity index (χ0v) is 13.4. The second kappa shape index (κ2) is 6.97. The highest BCUT2D eigenvalue weighted by Crippen LogP contribution is 2.26. The highest BCUT2D eigenvalue weighted by molar-refractivity contribution is 7.78. The molecule has 3 aromatic rings. The largest absolute Gasteiger partial charge is 0.195 e. The fraction of sp³-hybridized carbons (Fsp3) is 0. The molecule has 110 valence electrons. The molecular formula is C21H15NS. The van der Waals surface area contributed by atoms with E-state index in [0.717, 1.165) is 16.8 Å². The molecule has 0 aromatic heterocycles. The predicted molar refractivity (Wildman–Crippen MR) is 102 cm³/mol. The van der Waals surface area contributed by atoms with Gasteiger partial charge in [0.05, 0.1) is 10.8 Å². The van der Waals surface area contributed by atoms with Crippen LogP contribution in [-0.4, -0.2) is 5.16 Å². The molecule has 0 aliphatic heterocycles. The topological polar surface area (TPSA) is 12.4 Å². The van der Waals surface area contributed by atoms with Gasteiger partial charge in [-0.25, -0.2) is 0 Å². The number of hydrogen-bond acceptors (Lipinski definition) is 2. The van der Waals surface area contributed by atoms with E-state index in [-0.39, 0.29) is 0 Å². The van der Waals surface area contributed by atoms with E-state index in [4.69, 9.17) is 0 Å². The van der Waals surface area contributed by atoms with Crippen molar-refractivity contribution >= 4 is 29.1 Å². The van der Waals surface area contributed by atoms with Crippen molar-refractivity contribution in [2.24, 2.45) is 4.99 Å². The average molecular weight is 313 g/mol. The molecule has 0 saturated carbocycles. The summed E-state index contributed by atoms with van der Waals surface area (Å²) in [5, 5.41) is 2.38. The summed E-state index contributed by atoms with van der Waals surface area (Å²) in [5.41, 5.74) is 6.68. The van der Waals surface area contributed by atoms with Crippen LogP contribution in [0.3, 0.4) is 0 Å². The number of benzene rings is 3. The van der Waals surface area contributed by atoms with E-state index in [0.29, 0.717) is 0 Å². The van der Waals surface area contributed by atoms with Crippen LogP contribution < -0.4 is 0 Å². The van der Waals surface area contributed by atoms with Crippen molar-refractivity contribution in [2.45, 2.75) is 0 Å². The van der Waals surface area contributed by atoms with Gasteiger partial charge >= 0.3 is 0 Å². The van der Waals surface area contributed by atoms with Crippen LogP contribution in [0.25, 0.3) is 28.3 Å². The molecule has 0 spiro atoms. The molecule has 1 nitrogen and oxygen atoms in total. The Morgan fingerprint density at radius 2 is 1.09 bits per heavy atom. The van der Waals surface area contributed by atoms with Gasteiger partial charge in [-0.3, -0.25) is 0 Å². The van der Waals surface area contributed by atoms with Crippen LogP contribution in [0.2, 0.25) is 0 Å². The lowest BCUT2D eigenvalue weighted by Crippen LogP contribution is -1.81. The summed E-state index contributed by atoms with van der Waals surface area (Å²) >= 11 is 4.61. The first-order valence-electron chi connectivity index (χ1n) is 7.31. The maximum atomic E-state index is 4.61. The minimum absolute atomic E-state index is 0.822. The van der Waals surface area contributed by atoms with E-state index >= 15 is 0 Å². The van der Waals surface area contributed by atoms with Gasteiger partial charge in [0.15, 0.2) is 0 Å². The highest BCUT2D eigenvalue weighted by atomic mass is 32.1. The Hall–Kier alpha value is -2.80. The summed E-state index contributed by atoms with van der Waals surface area (Å²) in [6, 6.07) is 24.9. The van der Waals surface area contributed by atoms with Crippen LogP contribution in [0.15, 0.2) is 84.4 Å². The first-order chi connectivity index (χ1) is 11.3. The smallest absolute Gasteiger partial charge is 0.0739 e. The third-order valence-corrected chi connectivity index (χ3v) is 3.83. The van der Waals surface area contributed by atoms with Gasteiger partial charge in [0.25, 0.3) is 0 Å². The number of thiocarbonyl (C=S) groups is 1. The van der Waals surface area contributed by atoms with Crippen LogP contribution in [0.4, 0.5) is 5.69 Å². The number of isothiocyanates is 1. The molecule has 0 heterocycles. The molecule has 0 bridgehead atoms. The number of rotatable bonds is 4. The Morgan fingerprint density at radius 3 is 1.48 bits per heavy atom. The van der Waals surface area contributed by atoms with Crippen LogP contribution in [0.1, 0.15) is 5.56 Å². The third kappa shape index (κ3) is 3.51. The van der Waals surface area contributed by atoms with Crippen LogP contribution in [0, 0.1) is 0 Å². The third-order valence-electron chi connectivity index (χ3n) is 3.74. The normalized spacial score (nSPS) is 9.91. The van der Waals surface area contributed by atoms with Gasteiger partial charge in [-0.1, -0.05) is 73.3 Å². The molecule has 3 aromatic carbocycles. The fourth-order valence-corrected chi connectivity index (χ4v) is 2.55. The molecule has 3 rings (SSSR count). The molecule has 0 aliphatic rings. The standard InChI is InChI=1S/C21H15NS/c1-2-16-3-5-17(6-4-16)18-7-9-19(10-8-18)20-11-13-21(14-12-20)22-15-23/h2-14H,1H2. The van der Waals surface area contributed by atoms with Crippen molar-refractivity contribution in [1.29, 1.82) is 0 Å². The Balaban J connectivity index is 1.85. The lowest BCUT2D eigenvalue weighted by Gasteiger charge is -2.06. The van der Waals surface area contributed by atoms with E-state index in [9.17, 15) is 0 Å². The lowest BCUT2D eigenvalue weighted by atomic mass is 9.99. The summed E-state index contributed by atoms with van der Waals surface area (Å²) in [6.07, 6.45) is 1.85. The van der Waals surface area contributed by atoms with E-state index in [1.165, 1.54) is 16.7 Å². The molecule has 0 aliphatic carbocycles. The van der Waals surface area contributed by atoms with E-state index in [2.05, 4.69) is 77.5 Å². The van der Waals surface area contributed by atoms with Crippen molar-refractivity contribution in [2.75, 3.05) is 0 Å². The summed E-state index contributed by atoms with van der Waals surface area (Å²) < 4.78 is 0. The van der Waals surface area contributed by atoms with E-state index in [1.807, 2.05) is 30.3 Å². The SMILES string of the molecule is C=Cc1ccc(-c2ccc(-c3ccc(N=C=S)cc3)cc2)cc1. The minimum atomic E-state index is 0.822. The average Bonchev–Trinajstić information content (AvgIpc) is 2.63. The minimum Gasteiger partial charge on any atom is -0.195 e. The molecule has 2 heteroatoms. The van der Waals surface area contributed by atoms with Gasteiger partial charge < -0.3 is 0 Å². The van der Waals surface area contributed by atoms with Gasteiger partial charge in [-0.05, 0) is 52.2 Å². The van der Waals surface area contributed by atoms with Crippen LogP contribution in [-0.2, 0) is 0 Å². The van der Waals surface area contributed by atoms with Gasteiger partial charge in [-0.15, -0.1) is 0 Å². The Kier molecular flexibility index (Phi) is 4.58. The first-order valence-corrected chi connectivity index (χ1v) is 7.72. The molecule has 0 saturated heterocycles. The van der Waals surface area contributed by atoms with Crippen molar-refractivity contribution < 1.29 is 0 Å². The van der Waals surface area contributed by atoms with Crippen molar-refractivity contribution in [3.05, 3.63) is 84.9 Å². The number of nitrogens with zero attached hydrogens (tertiary/aromatic N) is 1. The van der Waals surface area contributed by atoms with Crippen molar-refractivity contribution in [3.63, 3.8) is 0 Å². The molecule has 23 heavy (non-hydrogen) atoms. The monoisotopic (exact) mass is 313 g/mol. The Morgan fingerprint density at radius 1 is 0.696 bits per heavy atom. The zero-order valence-electron chi connectivity index (χ0n) is 12.6. The first kappa shape index (κ1) is 15.1. The van der Waals surface area contributed by atoms with Crippen molar-refractivity contribution in [1.82, 2.24) is 0 Å². The van der Waals surface area contributed by atoms with Crippen molar-refractivity contribution in [3.8, 4) is 22.3 Å². The van der Waals surface area contributed by atoms with Gasteiger partial charge in [-0.2, -0.15) is 4.99 Å². The molecule has 0 fully saturated rings. The molecule has 0 N–H and O–H groups in total. The molecule has 0 atom stereocenters. The summed E-state index contributed by atoms with van der Waals surface area (Å²) in [6.45, 7) is 3.78. The predicted octanol–water partition coefficient (Wildman–Crippen LogP) is 6.40. The van der Waals surface area contributed by atoms with Gasteiger partial charge in [0, 0.05) is 0 Å². The quantitative estimate of drug-likeness (QED) is 0.401. The number of aliphatic imine (C=N–C) groups is 1. The van der Waals surface area contributed by atoms with E-state index in [1.54, 1.807) is 0 Å². The summed E-state index contributed by atoms with van der Waals surface area (Å²) in [4.78, 5) is 3.97. The summed E-state index contributed by atoms with van der Waals surface area (Å²) in [5.74, 6) is 0. The molecular weight excluding hydrogens is 298 g/mol. The second-order valence-corrected chi connectivity index (χ2v) is 5.34. The molecule has 0 amide bonds. The molecule has 0 unspecified atom stereocenters. The zero-order chi connectivity index (χ0) is 16.1. The number of hydrogen-bond donors (Lipinski definition) is 0. The fourth-order valence-electron chi connectivity index (χ4n) is 2.45. The summed E-state index contributed by atoms with van der Waals surface area (Å²) in [7, 11) is 0. The lowest BCUT2D eigenvalue weighted by molar-refractivity contribution is 1.53. The van der Waals surface area contributed by atoms with Crippen LogP contribution >= 0.6 is 12.2 Å². The van der Waals surface area contributed by atoms with Gasteiger partial charge in [0.2, 0.25) is 0 Å². The Bertz CT molecular complexity index is 853. The Labute approximate surface area is 141 Å². The second-order valence-electron chi connectivity index (χ2n) is 5.15. The molecule has 0 radical (unpaired) electrons. The van der Waals surface area contributed by atoms with Crippen LogP contribution in [0.5, 0.6) is 0 Å². The maximum absolute atomic E-state index is 4.61.